The molecule has 1 atom stereocenters. The van der Waals surface area contributed by atoms with Gasteiger partial charge in [-0.05, 0) is 20.3 Å². The molecule has 1 heterocycles. The zero-order valence-electron chi connectivity index (χ0n) is 7.89. The first kappa shape index (κ1) is 9.26. The van der Waals surface area contributed by atoms with E-state index in [1.807, 2.05) is 6.92 Å². The molecule has 0 saturated heterocycles. The molecule has 0 aromatic carbocycles. The van der Waals surface area contributed by atoms with Crippen LogP contribution in [-0.2, 0) is 6.42 Å². The van der Waals surface area contributed by atoms with Crippen LogP contribution in [0.3, 0.4) is 0 Å². The molecule has 1 unspecified atom stereocenters. The van der Waals surface area contributed by atoms with Crippen LogP contribution in [0, 0.1) is 6.92 Å². The third kappa shape index (κ3) is 1.85. The van der Waals surface area contributed by atoms with Crippen molar-refractivity contribution in [2.24, 2.45) is 0 Å². The van der Waals surface area contributed by atoms with Gasteiger partial charge < -0.3 is 10.1 Å². The summed E-state index contributed by atoms with van der Waals surface area (Å²) in [4.78, 5) is 7.45. The molecule has 12 heavy (non-hydrogen) atoms. The van der Waals surface area contributed by atoms with Crippen LogP contribution in [0.2, 0.25) is 0 Å². The fraction of sp³-hybridized carbons (Fsp3) is 0.667. The summed E-state index contributed by atoms with van der Waals surface area (Å²) in [7, 11) is 0. The van der Waals surface area contributed by atoms with Crippen molar-refractivity contribution in [3.05, 3.63) is 17.2 Å². The maximum Gasteiger partial charge on any atom is 0.106 e. The van der Waals surface area contributed by atoms with Crippen molar-refractivity contribution in [2.75, 3.05) is 0 Å². The van der Waals surface area contributed by atoms with Gasteiger partial charge in [0, 0.05) is 12.1 Å². The lowest BCUT2D eigenvalue weighted by atomic mass is 10.2. The Hall–Kier alpha value is -0.830. The van der Waals surface area contributed by atoms with Gasteiger partial charge in [-0.15, -0.1) is 0 Å². The van der Waals surface area contributed by atoms with E-state index in [1.54, 1.807) is 6.92 Å². The summed E-state index contributed by atoms with van der Waals surface area (Å²) in [6, 6.07) is 0. The van der Waals surface area contributed by atoms with Crippen molar-refractivity contribution >= 4 is 0 Å². The van der Waals surface area contributed by atoms with Gasteiger partial charge in [-0.2, -0.15) is 0 Å². The molecule has 0 spiro atoms. The zero-order valence-corrected chi connectivity index (χ0v) is 7.89. The fourth-order valence-corrected chi connectivity index (χ4v) is 1.30. The summed E-state index contributed by atoms with van der Waals surface area (Å²) in [5.74, 6) is 0.978. The third-order valence-electron chi connectivity index (χ3n) is 1.85. The maximum absolute atomic E-state index is 9.30. The number of aromatic amines is 1. The number of nitrogens with one attached hydrogen (secondary N) is 1. The van der Waals surface area contributed by atoms with Crippen LogP contribution in [0.1, 0.15) is 43.6 Å². The molecule has 1 aromatic heterocycles. The molecule has 68 valence electrons. The lowest BCUT2D eigenvalue weighted by Gasteiger charge is -1.98. The van der Waals surface area contributed by atoms with Gasteiger partial charge >= 0.3 is 0 Å². The fourth-order valence-electron chi connectivity index (χ4n) is 1.30. The highest BCUT2D eigenvalue weighted by molar-refractivity contribution is 5.15. The molecule has 0 bridgehead atoms. The van der Waals surface area contributed by atoms with E-state index in [2.05, 4.69) is 16.9 Å². The van der Waals surface area contributed by atoms with E-state index in [0.29, 0.717) is 0 Å². The predicted octanol–water partition coefficient (Wildman–Crippen LogP) is 1.72. The Bertz CT molecular complexity index is 253. The highest BCUT2D eigenvalue weighted by Gasteiger charge is 2.09. The van der Waals surface area contributed by atoms with Crippen molar-refractivity contribution in [3.8, 4) is 0 Å². The van der Waals surface area contributed by atoms with Crippen molar-refractivity contribution < 1.29 is 5.11 Å². The van der Waals surface area contributed by atoms with Gasteiger partial charge in [0.15, 0.2) is 0 Å². The Morgan fingerprint density at radius 3 is 2.67 bits per heavy atom. The summed E-state index contributed by atoms with van der Waals surface area (Å²) in [6.07, 6.45) is 1.56. The largest absolute Gasteiger partial charge is 0.387 e. The molecule has 0 radical (unpaired) electrons. The van der Waals surface area contributed by atoms with Crippen molar-refractivity contribution in [2.45, 2.75) is 39.7 Å². The Labute approximate surface area is 72.8 Å². The number of aliphatic hydroxyl groups is 1. The topological polar surface area (TPSA) is 48.9 Å². The molecule has 0 aliphatic carbocycles. The normalized spacial score (nSPS) is 13.3. The second-order valence-electron chi connectivity index (χ2n) is 3.12. The summed E-state index contributed by atoms with van der Waals surface area (Å²) in [5.41, 5.74) is 1.76. The van der Waals surface area contributed by atoms with E-state index < -0.39 is 6.10 Å². The van der Waals surface area contributed by atoms with Gasteiger partial charge in [0.25, 0.3) is 0 Å². The standard InChI is InChI=1S/C9H16N2O/c1-4-5-8-10-6(2)9(11-8)7(3)12/h7,12H,4-5H2,1-3H3,(H,10,11). The van der Waals surface area contributed by atoms with Gasteiger partial charge in [0.2, 0.25) is 0 Å². The second-order valence-corrected chi connectivity index (χ2v) is 3.12. The van der Waals surface area contributed by atoms with E-state index in [0.717, 1.165) is 30.1 Å². The minimum absolute atomic E-state index is 0.466. The van der Waals surface area contributed by atoms with Crippen LogP contribution in [0.15, 0.2) is 0 Å². The number of imidazole rings is 1. The Morgan fingerprint density at radius 2 is 2.25 bits per heavy atom. The quantitative estimate of drug-likeness (QED) is 0.722. The number of aryl methyl sites for hydroxylation is 2. The van der Waals surface area contributed by atoms with Crippen LogP contribution >= 0.6 is 0 Å². The lowest BCUT2D eigenvalue weighted by molar-refractivity contribution is 0.194. The number of rotatable bonds is 3. The molecule has 0 aliphatic rings. The molecule has 3 heteroatoms. The van der Waals surface area contributed by atoms with Crippen molar-refractivity contribution in [1.82, 2.24) is 9.97 Å². The number of aliphatic hydroxyl groups excluding tert-OH is 1. The monoisotopic (exact) mass is 168 g/mol. The van der Waals surface area contributed by atoms with E-state index in [1.165, 1.54) is 0 Å². The summed E-state index contributed by atoms with van der Waals surface area (Å²) < 4.78 is 0. The van der Waals surface area contributed by atoms with Crippen molar-refractivity contribution in [3.63, 3.8) is 0 Å². The molecule has 0 saturated carbocycles. The molecular weight excluding hydrogens is 152 g/mol. The highest BCUT2D eigenvalue weighted by Crippen LogP contribution is 2.14. The second kappa shape index (κ2) is 3.72. The number of aromatic nitrogens is 2. The minimum atomic E-state index is -0.466. The van der Waals surface area contributed by atoms with E-state index in [-0.39, 0.29) is 0 Å². The van der Waals surface area contributed by atoms with Crippen LogP contribution < -0.4 is 0 Å². The molecule has 1 aromatic rings. The Kier molecular flexibility index (Phi) is 2.87. The van der Waals surface area contributed by atoms with E-state index in [9.17, 15) is 5.11 Å². The van der Waals surface area contributed by atoms with Gasteiger partial charge in [-0.25, -0.2) is 4.98 Å². The van der Waals surface area contributed by atoms with Crippen LogP contribution in [-0.4, -0.2) is 15.1 Å². The number of hydrogen-bond donors (Lipinski definition) is 2. The third-order valence-corrected chi connectivity index (χ3v) is 1.85. The maximum atomic E-state index is 9.30. The van der Waals surface area contributed by atoms with Gasteiger partial charge in [0.1, 0.15) is 5.82 Å². The average molecular weight is 168 g/mol. The van der Waals surface area contributed by atoms with Crippen molar-refractivity contribution in [1.29, 1.82) is 0 Å². The highest BCUT2D eigenvalue weighted by atomic mass is 16.3. The number of H-pyrrole nitrogens is 1. The smallest absolute Gasteiger partial charge is 0.106 e. The molecule has 1 rings (SSSR count). The van der Waals surface area contributed by atoms with Gasteiger partial charge in [-0.1, -0.05) is 6.92 Å². The van der Waals surface area contributed by atoms with E-state index >= 15 is 0 Å². The van der Waals surface area contributed by atoms with Crippen LogP contribution in [0.5, 0.6) is 0 Å². The lowest BCUT2D eigenvalue weighted by Crippen LogP contribution is -1.93. The predicted molar refractivity (Wildman–Crippen MR) is 48.0 cm³/mol. The molecule has 0 fully saturated rings. The van der Waals surface area contributed by atoms with E-state index in [4.69, 9.17) is 0 Å². The molecule has 2 N–H and O–H groups in total. The molecule has 3 nitrogen and oxygen atoms in total. The first-order valence-electron chi connectivity index (χ1n) is 4.38. The van der Waals surface area contributed by atoms with Gasteiger partial charge in [0.05, 0.1) is 11.8 Å². The Balaban J connectivity index is 2.85. The SMILES string of the molecule is CCCc1nc(C(C)O)c(C)[nH]1. The van der Waals surface area contributed by atoms with Crippen LogP contribution in [0.25, 0.3) is 0 Å². The van der Waals surface area contributed by atoms with Crippen LogP contribution in [0.4, 0.5) is 0 Å². The zero-order chi connectivity index (χ0) is 9.14. The summed E-state index contributed by atoms with van der Waals surface area (Å²) in [6.45, 7) is 5.78. The van der Waals surface area contributed by atoms with Gasteiger partial charge in [-0.3, -0.25) is 0 Å². The Morgan fingerprint density at radius 1 is 1.58 bits per heavy atom. The molecule has 0 aliphatic heterocycles. The first-order chi connectivity index (χ1) is 5.65. The number of nitrogens with zero attached hydrogens (tertiary/aromatic N) is 1. The first-order valence-corrected chi connectivity index (χ1v) is 4.38. The average Bonchev–Trinajstić information content (AvgIpc) is 2.32. The summed E-state index contributed by atoms with van der Waals surface area (Å²) in [5, 5.41) is 9.30. The number of hydrogen-bond acceptors (Lipinski definition) is 2. The molecule has 0 amide bonds. The molecular formula is C9H16N2O. The summed E-state index contributed by atoms with van der Waals surface area (Å²) >= 11 is 0. The minimum Gasteiger partial charge on any atom is -0.387 e.